The van der Waals surface area contributed by atoms with Crippen LogP contribution in [0.2, 0.25) is 0 Å². The van der Waals surface area contributed by atoms with Crippen LogP contribution in [0, 0.1) is 5.92 Å². The lowest BCUT2D eigenvalue weighted by molar-refractivity contribution is -0.149. The van der Waals surface area contributed by atoms with Gasteiger partial charge in [0.2, 0.25) is 0 Å². The van der Waals surface area contributed by atoms with E-state index in [0.717, 1.165) is 45.3 Å². The van der Waals surface area contributed by atoms with Gasteiger partial charge < -0.3 is 10.0 Å². The molecule has 0 amide bonds. The van der Waals surface area contributed by atoms with Crippen LogP contribution in [0.25, 0.3) is 0 Å². The first-order valence-electron chi connectivity index (χ1n) is 6.80. The molecule has 0 aromatic heterocycles. The van der Waals surface area contributed by atoms with Gasteiger partial charge in [-0.25, -0.2) is 0 Å². The lowest BCUT2D eigenvalue weighted by Gasteiger charge is -2.45. The van der Waals surface area contributed by atoms with Gasteiger partial charge in [0.15, 0.2) is 0 Å². The fourth-order valence-electron chi connectivity index (χ4n) is 3.23. The molecule has 1 heterocycles. The molecule has 3 unspecified atom stereocenters. The summed E-state index contributed by atoms with van der Waals surface area (Å²) >= 11 is 0. The number of hydrogen-bond acceptors (Lipinski definition) is 3. The van der Waals surface area contributed by atoms with Crippen molar-refractivity contribution in [3.8, 4) is 0 Å². The molecule has 1 aliphatic heterocycles. The Morgan fingerprint density at radius 2 is 2.12 bits per heavy atom. The van der Waals surface area contributed by atoms with Crippen molar-refractivity contribution in [2.75, 3.05) is 26.7 Å². The van der Waals surface area contributed by atoms with Crippen LogP contribution >= 0.6 is 0 Å². The van der Waals surface area contributed by atoms with Crippen molar-refractivity contribution in [1.82, 2.24) is 9.80 Å². The highest BCUT2D eigenvalue weighted by molar-refractivity contribution is 5.72. The van der Waals surface area contributed by atoms with E-state index in [2.05, 4.69) is 23.8 Å². The zero-order valence-electron chi connectivity index (χ0n) is 10.9. The van der Waals surface area contributed by atoms with Gasteiger partial charge in [-0.1, -0.05) is 6.92 Å². The third-order valence-corrected chi connectivity index (χ3v) is 4.40. The number of carboxylic acids is 1. The second-order valence-corrected chi connectivity index (χ2v) is 5.51. The lowest BCUT2D eigenvalue weighted by Crippen LogP contribution is -2.55. The van der Waals surface area contributed by atoms with Crippen molar-refractivity contribution >= 4 is 5.97 Å². The Morgan fingerprint density at radius 1 is 1.35 bits per heavy atom. The topological polar surface area (TPSA) is 43.8 Å². The molecular formula is C13H24N2O2. The van der Waals surface area contributed by atoms with Gasteiger partial charge in [-0.15, -0.1) is 0 Å². The predicted octanol–water partition coefficient (Wildman–Crippen LogP) is 1.27. The summed E-state index contributed by atoms with van der Waals surface area (Å²) in [6.45, 7) is 5.50. The standard InChI is InChI=1S/C13H24N2O2/c1-3-10-9-14(2)7-4-8-15(10)12-6-5-11(12)13(16)17/h10-12H,3-9H2,1-2H3,(H,16,17). The number of aliphatic carboxylic acids is 1. The maximum atomic E-state index is 11.1. The molecule has 1 N–H and O–H groups in total. The second kappa shape index (κ2) is 5.36. The summed E-state index contributed by atoms with van der Waals surface area (Å²) in [7, 11) is 2.17. The molecule has 3 atom stereocenters. The molecule has 17 heavy (non-hydrogen) atoms. The van der Waals surface area contributed by atoms with Gasteiger partial charge in [0, 0.05) is 25.2 Å². The first kappa shape index (κ1) is 12.8. The minimum Gasteiger partial charge on any atom is -0.481 e. The number of carboxylic acid groups (broad SMARTS) is 1. The molecule has 0 aromatic carbocycles. The van der Waals surface area contributed by atoms with Gasteiger partial charge in [-0.3, -0.25) is 9.69 Å². The largest absolute Gasteiger partial charge is 0.481 e. The molecule has 0 bridgehead atoms. The van der Waals surface area contributed by atoms with E-state index in [-0.39, 0.29) is 5.92 Å². The molecule has 0 spiro atoms. The predicted molar refractivity (Wildman–Crippen MR) is 67.0 cm³/mol. The fourth-order valence-corrected chi connectivity index (χ4v) is 3.23. The van der Waals surface area contributed by atoms with Gasteiger partial charge in [-0.2, -0.15) is 0 Å². The van der Waals surface area contributed by atoms with E-state index in [9.17, 15) is 9.90 Å². The molecule has 2 aliphatic rings. The monoisotopic (exact) mass is 240 g/mol. The van der Waals surface area contributed by atoms with Crippen LogP contribution < -0.4 is 0 Å². The lowest BCUT2D eigenvalue weighted by atomic mass is 9.77. The van der Waals surface area contributed by atoms with E-state index < -0.39 is 5.97 Å². The molecule has 0 aromatic rings. The highest BCUT2D eigenvalue weighted by Gasteiger charge is 2.42. The Balaban J connectivity index is 2.04. The molecule has 4 heteroatoms. The maximum Gasteiger partial charge on any atom is 0.308 e. The maximum absolute atomic E-state index is 11.1. The van der Waals surface area contributed by atoms with Gasteiger partial charge in [0.1, 0.15) is 0 Å². The van der Waals surface area contributed by atoms with Gasteiger partial charge in [0.25, 0.3) is 0 Å². The van der Waals surface area contributed by atoms with E-state index in [0.29, 0.717) is 12.1 Å². The molecule has 0 radical (unpaired) electrons. The zero-order valence-corrected chi connectivity index (χ0v) is 10.9. The van der Waals surface area contributed by atoms with E-state index in [1.54, 1.807) is 0 Å². The minimum atomic E-state index is -0.603. The Morgan fingerprint density at radius 3 is 2.65 bits per heavy atom. The highest BCUT2D eigenvalue weighted by atomic mass is 16.4. The molecule has 1 saturated carbocycles. The summed E-state index contributed by atoms with van der Waals surface area (Å²) in [4.78, 5) is 16.0. The van der Waals surface area contributed by atoms with Crippen LogP contribution in [-0.4, -0.2) is 59.6 Å². The third kappa shape index (κ3) is 2.63. The van der Waals surface area contributed by atoms with E-state index in [4.69, 9.17) is 0 Å². The van der Waals surface area contributed by atoms with Crippen molar-refractivity contribution in [3.05, 3.63) is 0 Å². The van der Waals surface area contributed by atoms with E-state index in [1.165, 1.54) is 0 Å². The first-order valence-corrected chi connectivity index (χ1v) is 6.80. The van der Waals surface area contributed by atoms with Crippen LogP contribution in [0.3, 0.4) is 0 Å². The van der Waals surface area contributed by atoms with Crippen molar-refractivity contribution in [1.29, 1.82) is 0 Å². The number of carbonyl (C=O) groups is 1. The van der Waals surface area contributed by atoms with E-state index >= 15 is 0 Å². The van der Waals surface area contributed by atoms with E-state index in [1.807, 2.05) is 0 Å². The number of nitrogens with zero attached hydrogens (tertiary/aromatic N) is 2. The summed E-state index contributed by atoms with van der Waals surface area (Å²) in [6, 6.07) is 0.832. The minimum absolute atomic E-state index is 0.118. The fraction of sp³-hybridized carbons (Fsp3) is 0.923. The van der Waals surface area contributed by atoms with Crippen LogP contribution in [-0.2, 0) is 4.79 Å². The van der Waals surface area contributed by atoms with Crippen LogP contribution in [0.1, 0.15) is 32.6 Å². The van der Waals surface area contributed by atoms with Crippen LogP contribution in [0.15, 0.2) is 0 Å². The Kier molecular flexibility index (Phi) is 4.05. The first-order chi connectivity index (χ1) is 8.13. The molecule has 2 fully saturated rings. The Hall–Kier alpha value is -0.610. The van der Waals surface area contributed by atoms with Gasteiger partial charge >= 0.3 is 5.97 Å². The zero-order chi connectivity index (χ0) is 12.4. The van der Waals surface area contributed by atoms with Gasteiger partial charge in [0.05, 0.1) is 5.92 Å². The highest BCUT2D eigenvalue weighted by Crippen LogP contribution is 2.34. The van der Waals surface area contributed by atoms with Crippen molar-refractivity contribution < 1.29 is 9.90 Å². The van der Waals surface area contributed by atoms with Crippen molar-refractivity contribution in [3.63, 3.8) is 0 Å². The number of likely N-dealkylation sites (N-methyl/N-ethyl adjacent to an activating group) is 1. The number of hydrogen-bond donors (Lipinski definition) is 1. The van der Waals surface area contributed by atoms with Crippen molar-refractivity contribution in [2.45, 2.75) is 44.7 Å². The average Bonchev–Trinajstić information content (AvgIpc) is 2.38. The molecule has 2 rings (SSSR count). The molecule has 1 aliphatic carbocycles. The summed E-state index contributed by atoms with van der Waals surface area (Å²) < 4.78 is 0. The van der Waals surface area contributed by atoms with Crippen molar-refractivity contribution in [2.24, 2.45) is 5.92 Å². The molecule has 4 nitrogen and oxygen atoms in total. The summed E-state index contributed by atoms with van der Waals surface area (Å²) in [5.41, 5.74) is 0. The van der Waals surface area contributed by atoms with Crippen LogP contribution in [0.4, 0.5) is 0 Å². The summed E-state index contributed by atoms with van der Waals surface area (Å²) in [5, 5.41) is 9.18. The van der Waals surface area contributed by atoms with Gasteiger partial charge in [-0.05, 0) is 39.3 Å². The molecule has 98 valence electrons. The Bertz CT molecular complexity index is 283. The molecule has 1 saturated heterocycles. The molecular weight excluding hydrogens is 216 g/mol. The summed E-state index contributed by atoms with van der Waals surface area (Å²) in [5.74, 6) is -0.721. The third-order valence-electron chi connectivity index (χ3n) is 4.40. The summed E-state index contributed by atoms with van der Waals surface area (Å²) in [6.07, 6.45) is 4.21. The number of rotatable bonds is 3. The SMILES string of the molecule is CCC1CN(C)CCCN1C1CCC1C(=O)O. The second-order valence-electron chi connectivity index (χ2n) is 5.51. The quantitative estimate of drug-likeness (QED) is 0.806. The van der Waals surface area contributed by atoms with Crippen LogP contribution in [0.5, 0.6) is 0 Å². The average molecular weight is 240 g/mol. The Labute approximate surface area is 104 Å². The normalized spacial score (nSPS) is 36.2. The smallest absolute Gasteiger partial charge is 0.308 e.